The zero-order valence-corrected chi connectivity index (χ0v) is 6.73. The molecule has 0 radical (unpaired) electrons. The van der Waals surface area contributed by atoms with Gasteiger partial charge in [-0.1, -0.05) is 6.92 Å². The van der Waals surface area contributed by atoms with E-state index in [9.17, 15) is 0 Å². The second-order valence-corrected chi connectivity index (χ2v) is 2.80. The fourth-order valence-electron chi connectivity index (χ4n) is 1.27. The van der Waals surface area contributed by atoms with Crippen LogP contribution in [0.1, 0.15) is 26.2 Å². The molecule has 0 saturated carbocycles. The molecule has 1 heterocycles. The summed E-state index contributed by atoms with van der Waals surface area (Å²) in [4.78, 5) is 0. The van der Waals surface area contributed by atoms with E-state index < -0.39 is 0 Å². The molecule has 0 aromatic heterocycles. The number of rotatable bonds is 3. The summed E-state index contributed by atoms with van der Waals surface area (Å²) >= 11 is 0. The van der Waals surface area contributed by atoms with E-state index in [1.54, 1.807) is 0 Å². The minimum Gasteiger partial charge on any atom is -0.377 e. The molecule has 1 saturated heterocycles. The highest BCUT2D eigenvalue weighted by Gasteiger charge is 2.11. The average molecular weight is 143 g/mol. The van der Waals surface area contributed by atoms with Gasteiger partial charge in [0.15, 0.2) is 0 Å². The first-order valence-electron chi connectivity index (χ1n) is 4.26. The van der Waals surface area contributed by atoms with Crippen LogP contribution in [-0.2, 0) is 4.74 Å². The van der Waals surface area contributed by atoms with Gasteiger partial charge < -0.3 is 10.1 Å². The summed E-state index contributed by atoms with van der Waals surface area (Å²) in [5, 5.41) is 3.29. The topological polar surface area (TPSA) is 21.3 Å². The molecule has 2 nitrogen and oxygen atoms in total. The summed E-state index contributed by atoms with van der Waals surface area (Å²) in [6.45, 7) is 5.19. The molecular weight excluding hydrogens is 126 g/mol. The van der Waals surface area contributed by atoms with Gasteiger partial charge in [-0.3, -0.25) is 0 Å². The predicted molar refractivity (Wildman–Crippen MR) is 42.1 cm³/mol. The van der Waals surface area contributed by atoms with Crippen LogP contribution in [-0.4, -0.2) is 25.8 Å². The molecule has 0 aromatic rings. The minimum absolute atomic E-state index is 0.494. The fourth-order valence-corrected chi connectivity index (χ4v) is 1.27. The van der Waals surface area contributed by atoms with Crippen molar-refractivity contribution in [1.29, 1.82) is 0 Å². The van der Waals surface area contributed by atoms with Gasteiger partial charge >= 0.3 is 0 Å². The first-order chi connectivity index (χ1) is 4.93. The van der Waals surface area contributed by atoms with Gasteiger partial charge in [0.1, 0.15) is 0 Å². The molecule has 1 fully saturated rings. The maximum Gasteiger partial charge on any atom is 0.0699 e. The van der Waals surface area contributed by atoms with Gasteiger partial charge in [0.05, 0.1) is 6.10 Å². The van der Waals surface area contributed by atoms with Crippen molar-refractivity contribution >= 4 is 0 Å². The van der Waals surface area contributed by atoms with Gasteiger partial charge in [0.25, 0.3) is 0 Å². The Balaban J connectivity index is 2.02. The Morgan fingerprint density at radius 3 is 3.00 bits per heavy atom. The summed E-state index contributed by atoms with van der Waals surface area (Å²) in [5.41, 5.74) is 0. The smallest absolute Gasteiger partial charge is 0.0699 e. The van der Waals surface area contributed by atoms with Crippen LogP contribution in [0.2, 0.25) is 0 Å². The minimum atomic E-state index is 0.494. The van der Waals surface area contributed by atoms with E-state index in [0.29, 0.717) is 6.10 Å². The van der Waals surface area contributed by atoms with Crippen LogP contribution in [0, 0.1) is 0 Å². The van der Waals surface area contributed by atoms with Gasteiger partial charge in [0, 0.05) is 13.2 Å². The van der Waals surface area contributed by atoms with Crippen molar-refractivity contribution < 1.29 is 4.74 Å². The van der Waals surface area contributed by atoms with Crippen LogP contribution in [0.5, 0.6) is 0 Å². The van der Waals surface area contributed by atoms with E-state index in [0.717, 1.165) is 19.7 Å². The first kappa shape index (κ1) is 8.02. The summed E-state index contributed by atoms with van der Waals surface area (Å²) in [6.07, 6.45) is 4.33. The van der Waals surface area contributed by atoms with Crippen molar-refractivity contribution in [3.63, 3.8) is 0 Å². The van der Waals surface area contributed by atoms with E-state index in [2.05, 4.69) is 12.2 Å². The van der Waals surface area contributed by atoms with Crippen molar-refractivity contribution in [3.05, 3.63) is 0 Å². The monoisotopic (exact) mass is 143 g/mol. The predicted octanol–water partition coefficient (Wildman–Crippen LogP) is 1.16. The zero-order valence-electron chi connectivity index (χ0n) is 6.73. The summed E-state index contributed by atoms with van der Waals surface area (Å²) in [7, 11) is 0. The standard InChI is InChI=1S/C8H17NO/c1-2-9-7-8-5-3-4-6-10-8/h8-9H,2-7H2,1H3. The van der Waals surface area contributed by atoms with E-state index >= 15 is 0 Å². The van der Waals surface area contributed by atoms with Crippen LogP contribution in [0.4, 0.5) is 0 Å². The number of hydrogen-bond donors (Lipinski definition) is 1. The third kappa shape index (κ3) is 2.67. The second kappa shape index (κ2) is 4.69. The molecule has 0 aliphatic carbocycles. The molecule has 1 aliphatic rings. The van der Waals surface area contributed by atoms with Gasteiger partial charge in [-0.15, -0.1) is 0 Å². The van der Waals surface area contributed by atoms with Crippen molar-refractivity contribution in [3.8, 4) is 0 Å². The van der Waals surface area contributed by atoms with Crippen molar-refractivity contribution in [2.75, 3.05) is 19.7 Å². The largest absolute Gasteiger partial charge is 0.377 e. The molecule has 0 aromatic carbocycles. The lowest BCUT2D eigenvalue weighted by molar-refractivity contribution is 0.0173. The normalized spacial score (nSPS) is 26.7. The van der Waals surface area contributed by atoms with Crippen molar-refractivity contribution in [2.45, 2.75) is 32.3 Å². The molecule has 0 spiro atoms. The Hall–Kier alpha value is -0.0800. The molecule has 1 aliphatic heterocycles. The fraction of sp³-hybridized carbons (Fsp3) is 1.00. The van der Waals surface area contributed by atoms with Crippen LogP contribution < -0.4 is 5.32 Å². The Morgan fingerprint density at radius 2 is 2.40 bits per heavy atom. The highest BCUT2D eigenvalue weighted by Crippen LogP contribution is 2.11. The van der Waals surface area contributed by atoms with Crippen LogP contribution in [0.3, 0.4) is 0 Å². The maximum atomic E-state index is 5.52. The Bertz CT molecular complexity index is 79.3. The zero-order chi connectivity index (χ0) is 7.23. The number of nitrogens with one attached hydrogen (secondary N) is 1. The molecule has 0 bridgehead atoms. The lowest BCUT2D eigenvalue weighted by Gasteiger charge is -2.22. The molecule has 60 valence electrons. The van der Waals surface area contributed by atoms with Crippen LogP contribution in [0.25, 0.3) is 0 Å². The van der Waals surface area contributed by atoms with E-state index in [1.165, 1.54) is 19.3 Å². The Labute approximate surface area is 63.0 Å². The third-order valence-electron chi connectivity index (χ3n) is 1.90. The average Bonchev–Trinajstić information content (AvgIpc) is 2.03. The van der Waals surface area contributed by atoms with Gasteiger partial charge in [-0.25, -0.2) is 0 Å². The Kier molecular flexibility index (Phi) is 3.76. The molecule has 1 rings (SSSR count). The van der Waals surface area contributed by atoms with Gasteiger partial charge in [-0.05, 0) is 25.8 Å². The van der Waals surface area contributed by atoms with Crippen LogP contribution in [0.15, 0.2) is 0 Å². The maximum absolute atomic E-state index is 5.52. The Morgan fingerprint density at radius 1 is 1.50 bits per heavy atom. The summed E-state index contributed by atoms with van der Waals surface area (Å²) in [5.74, 6) is 0. The summed E-state index contributed by atoms with van der Waals surface area (Å²) in [6, 6.07) is 0. The molecule has 1 atom stereocenters. The first-order valence-corrected chi connectivity index (χ1v) is 4.26. The van der Waals surface area contributed by atoms with Gasteiger partial charge in [0.2, 0.25) is 0 Å². The van der Waals surface area contributed by atoms with Crippen molar-refractivity contribution in [2.24, 2.45) is 0 Å². The third-order valence-corrected chi connectivity index (χ3v) is 1.90. The molecular formula is C8H17NO. The lowest BCUT2D eigenvalue weighted by Crippen LogP contribution is -2.31. The molecule has 2 heteroatoms. The number of hydrogen-bond acceptors (Lipinski definition) is 2. The quantitative estimate of drug-likeness (QED) is 0.640. The molecule has 10 heavy (non-hydrogen) atoms. The van der Waals surface area contributed by atoms with Crippen molar-refractivity contribution in [1.82, 2.24) is 5.32 Å². The van der Waals surface area contributed by atoms with Gasteiger partial charge in [-0.2, -0.15) is 0 Å². The van der Waals surface area contributed by atoms with E-state index in [4.69, 9.17) is 4.74 Å². The molecule has 1 N–H and O–H groups in total. The molecule has 0 amide bonds. The second-order valence-electron chi connectivity index (χ2n) is 2.80. The van der Waals surface area contributed by atoms with Crippen LogP contribution >= 0.6 is 0 Å². The highest BCUT2D eigenvalue weighted by atomic mass is 16.5. The van der Waals surface area contributed by atoms with E-state index in [-0.39, 0.29) is 0 Å². The summed E-state index contributed by atoms with van der Waals surface area (Å²) < 4.78 is 5.52. The van der Waals surface area contributed by atoms with E-state index in [1.807, 2.05) is 0 Å². The number of ether oxygens (including phenoxy) is 1. The highest BCUT2D eigenvalue weighted by molar-refractivity contribution is 4.65. The SMILES string of the molecule is CCNCC1CCCCO1. The number of likely N-dealkylation sites (N-methyl/N-ethyl adjacent to an activating group) is 1. The molecule has 1 unspecified atom stereocenters. The lowest BCUT2D eigenvalue weighted by atomic mass is 10.1.